The Balaban J connectivity index is 1.50. The second-order valence-corrected chi connectivity index (χ2v) is 7.90. The topological polar surface area (TPSA) is 80.7 Å². The van der Waals surface area contributed by atoms with Gasteiger partial charge < -0.3 is 9.84 Å². The lowest BCUT2D eigenvalue weighted by Gasteiger charge is -2.09. The van der Waals surface area contributed by atoms with E-state index in [0.29, 0.717) is 23.5 Å². The highest BCUT2D eigenvalue weighted by molar-refractivity contribution is 14.1. The largest absolute Gasteiger partial charge is 0.488 e. The SMILES string of the molecule is O=C(O)c1ccc(COc2ccc(C=C3C(=O)c4ccccc4C3=O)cc2I)cc1. The standard InChI is InChI=1S/C24H15IO5/c25-20-12-15(11-19-22(26)17-3-1-2-4-18(17)23(19)27)7-10-21(20)30-13-14-5-8-16(9-6-14)24(28)29/h1-12H,13H2,(H,28,29). The summed E-state index contributed by atoms with van der Waals surface area (Å²) in [6.07, 6.45) is 1.61. The summed E-state index contributed by atoms with van der Waals surface area (Å²) in [7, 11) is 0. The number of aromatic carboxylic acids is 1. The molecule has 3 aromatic carbocycles. The third-order valence-electron chi connectivity index (χ3n) is 4.77. The van der Waals surface area contributed by atoms with Crippen LogP contribution in [0.5, 0.6) is 5.75 Å². The van der Waals surface area contributed by atoms with Gasteiger partial charge in [-0.1, -0.05) is 42.5 Å². The first kappa shape index (κ1) is 20.0. The van der Waals surface area contributed by atoms with Gasteiger partial charge in [-0.05, 0) is 64.1 Å². The van der Waals surface area contributed by atoms with Gasteiger partial charge in [-0.25, -0.2) is 4.79 Å². The minimum atomic E-state index is -0.968. The lowest BCUT2D eigenvalue weighted by molar-refractivity contribution is 0.0696. The summed E-state index contributed by atoms with van der Waals surface area (Å²) in [5, 5.41) is 8.95. The van der Waals surface area contributed by atoms with Crippen molar-refractivity contribution in [2.24, 2.45) is 0 Å². The lowest BCUT2D eigenvalue weighted by Crippen LogP contribution is -2.01. The first-order valence-electron chi connectivity index (χ1n) is 9.09. The molecule has 0 aromatic heterocycles. The highest BCUT2D eigenvalue weighted by atomic mass is 127. The predicted octanol–water partition coefficient (Wildman–Crippen LogP) is 5.03. The van der Waals surface area contributed by atoms with Crippen LogP contribution in [0.15, 0.2) is 72.3 Å². The van der Waals surface area contributed by atoms with Gasteiger partial charge in [0.25, 0.3) is 0 Å². The fourth-order valence-electron chi connectivity index (χ4n) is 3.20. The van der Waals surface area contributed by atoms with E-state index in [1.54, 1.807) is 54.6 Å². The second kappa shape index (κ2) is 8.23. The molecule has 0 saturated carbocycles. The second-order valence-electron chi connectivity index (χ2n) is 6.74. The highest BCUT2D eigenvalue weighted by Gasteiger charge is 2.32. The molecule has 4 rings (SSSR count). The maximum absolute atomic E-state index is 12.5. The van der Waals surface area contributed by atoms with Crippen molar-refractivity contribution in [2.45, 2.75) is 6.61 Å². The molecule has 0 spiro atoms. The van der Waals surface area contributed by atoms with Crippen molar-refractivity contribution in [2.75, 3.05) is 0 Å². The highest BCUT2D eigenvalue weighted by Crippen LogP contribution is 2.29. The van der Waals surface area contributed by atoms with Crippen molar-refractivity contribution in [1.82, 2.24) is 0 Å². The molecule has 0 saturated heterocycles. The fourth-order valence-corrected chi connectivity index (χ4v) is 3.89. The summed E-state index contributed by atoms with van der Waals surface area (Å²) >= 11 is 2.14. The molecular weight excluding hydrogens is 495 g/mol. The summed E-state index contributed by atoms with van der Waals surface area (Å²) < 4.78 is 6.66. The van der Waals surface area contributed by atoms with E-state index in [1.165, 1.54) is 12.1 Å². The molecule has 0 amide bonds. The van der Waals surface area contributed by atoms with Crippen LogP contribution in [-0.4, -0.2) is 22.6 Å². The maximum Gasteiger partial charge on any atom is 0.335 e. The zero-order chi connectivity index (χ0) is 21.3. The Labute approximate surface area is 186 Å². The predicted molar refractivity (Wildman–Crippen MR) is 120 cm³/mol. The molecule has 0 fully saturated rings. The van der Waals surface area contributed by atoms with Crippen LogP contribution in [0.3, 0.4) is 0 Å². The van der Waals surface area contributed by atoms with Crippen LogP contribution in [0.2, 0.25) is 0 Å². The normalized spacial score (nSPS) is 12.6. The first-order chi connectivity index (χ1) is 14.4. The number of carboxylic acid groups (broad SMARTS) is 1. The average molecular weight is 510 g/mol. The van der Waals surface area contributed by atoms with E-state index < -0.39 is 5.97 Å². The van der Waals surface area contributed by atoms with Crippen molar-refractivity contribution in [3.63, 3.8) is 0 Å². The number of carbonyl (C=O) groups is 3. The Morgan fingerprint density at radius 1 is 0.933 bits per heavy atom. The number of rotatable bonds is 5. The zero-order valence-corrected chi connectivity index (χ0v) is 17.8. The van der Waals surface area contributed by atoms with Gasteiger partial charge in [-0.3, -0.25) is 9.59 Å². The average Bonchev–Trinajstić information content (AvgIpc) is 2.98. The molecule has 30 heavy (non-hydrogen) atoms. The summed E-state index contributed by atoms with van der Waals surface area (Å²) in [6, 6.07) is 18.8. The number of ketones is 2. The number of benzene rings is 3. The smallest absolute Gasteiger partial charge is 0.335 e. The quantitative estimate of drug-likeness (QED) is 0.296. The third-order valence-corrected chi connectivity index (χ3v) is 5.61. The minimum Gasteiger partial charge on any atom is -0.488 e. The van der Waals surface area contributed by atoms with E-state index in [9.17, 15) is 14.4 Å². The van der Waals surface area contributed by atoms with Crippen LogP contribution < -0.4 is 4.74 Å². The van der Waals surface area contributed by atoms with Crippen LogP contribution in [-0.2, 0) is 6.61 Å². The molecule has 0 radical (unpaired) electrons. The number of carboxylic acids is 1. The van der Waals surface area contributed by atoms with Crippen molar-refractivity contribution in [3.05, 3.63) is 104 Å². The monoisotopic (exact) mass is 510 g/mol. The molecule has 0 aliphatic heterocycles. The molecule has 5 nitrogen and oxygen atoms in total. The number of halogens is 1. The summed E-state index contributed by atoms with van der Waals surface area (Å²) in [5.41, 5.74) is 2.86. The summed E-state index contributed by atoms with van der Waals surface area (Å²) in [5.74, 6) is -0.817. The Morgan fingerprint density at radius 2 is 1.57 bits per heavy atom. The van der Waals surface area contributed by atoms with Gasteiger partial charge in [0.15, 0.2) is 11.6 Å². The van der Waals surface area contributed by atoms with E-state index in [0.717, 1.165) is 14.7 Å². The zero-order valence-electron chi connectivity index (χ0n) is 15.6. The molecule has 148 valence electrons. The van der Waals surface area contributed by atoms with E-state index in [1.807, 2.05) is 6.07 Å². The number of ether oxygens (including phenoxy) is 1. The van der Waals surface area contributed by atoms with Gasteiger partial charge in [0, 0.05) is 11.1 Å². The summed E-state index contributed by atoms with van der Waals surface area (Å²) in [4.78, 5) is 36.0. The van der Waals surface area contributed by atoms with Crippen LogP contribution in [0, 0.1) is 3.57 Å². The Hall–Kier alpha value is -3.26. The molecule has 1 aliphatic carbocycles. The molecule has 0 unspecified atom stereocenters. The van der Waals surface area contributed by atoms with E-state index >= 15 is 0 Å². The Morgan fingerprint density at radius 3 is 2.13 bits per heavy atom. The van der Waals surface area contributed by atoms with Crippen molar-refractivity contribution >= 4 is 46.2 Å². The number of fused-ring (bicyclic) bond motifs is 1. The molecule has 0 atom stereocenters. The molecule has 1 aliphatic rings. The third kappa shape index (κ3) is 3.91. The van der Waals surface area contributed by atoms with Gasteiger partial charge in [-0.2, -0.15) is 0 Å². The van der Waals surface area contributed by atoms with Gasteiger partial charge in [0.2, 0.25) is 0 Å². The molecule has 0 bridgehead atoms. The fraction of sp³-hybridized carbons (Fsp3) is 0.0417. The van der Waals surface area contributed by atoms with Crippen LogP contribution >= 0.6 is 22.6 Å². The lowest BCUT2D eigenvalue weighted by atomic mass is 10.1. The number of hydrogen-bond donors (Lipinski definition) is 1. The molecule has 3 aromatic rings. The van der Waals surface area contributed by atoms with Gasteiger partial charge in [-0.15, -0.1) is 0 Å². The van der Waals surface area contributed by atoms with Gasteiger partial charge in [0.05, 0.1) is 14.7 Å². The Bertz CT molecular complexity index is 1170. The molecule has 0 heterocycles. The van der Waals surface area contributed by atoms with Crippen LogP contribution in [0.4, 0.5) is 0 Å². The maximum atomic E-state index is 12.5. The molecule has 6 heteroatoms. The minimum absolute atomic E-state index is 0.166. The van der Waals surface area contributed by atoms with E-state index in [4.69, 9.17) is 9.84 Å². The number of Topliss-reactive ketones (excluding diaryl/α,β-unsaturated/α-hetero) is 2. The first-order valence-corrected chi connectivity index (χ1v) is 10.2. The van der Waals surface area contributed by atoms with Crippen LogP contribution in [0.1, 0.15) is 42.2 Å². The van der Waals surface area contributed by atoms with Crippen molar-refractivity contribution in [1.29, 1.82) is 0 Å². The van der Waals surface area contributed by atoms with Crippen molar-refractivity contribution < 1.29 is 24.2 Å². The molecule has 1 N–H and O–H groups in total. The molecular formula is C24H15IO5. The van der Waals surface area contributed by atoms with E-state index in [2.05, 4.69) is 22.6 Å². The Kier molecular flexibility index (Phi) is 5.50. The van der Waals surface area contributed by atoms with Crippen LogP contribution in [0.25, 0.3) is 6.08 Å². The number of hydrogen-bond acceptors (Lipinski definition) is 4. The van der Waals surface area contributed by atoms with Gasteiger partial charge >= 0.3 is 5.97 Å². The number of carbonyl (C=O) groups excluding carboxylic acids is 2. The van der Waals surface area contributed by atoms with Crippen molar-refractivity contribution in [3.8, 4) is 5.75 Å². The number of allylic oxidation sites excluding steroid dienone is 1. The van der Waals surface area contributed by atoms with E-state index in [-0.39, 0.29) is 22.7 Å². The van der Waals surface area contributed by atoms with Gasteiger partial charge in [0.1, 0.15) is 12.4 Å². The summed E-state index contributed by atoms with van der Waals surface area (Å²) in [6.45, 7) is 0.294.